The Kier molecular flexibility index (Phi) is 3.83. The summed E-state index contributed by atoms with van der Waals surface area (Å²) in [6, 6.07) is 10.3. The third kappa shape index (κ3) is 3.02. The summed E-state index contributed by atoms with van der Waals surface area (Å²) in [5.74, 6) is 0.991. The van der Waals surface area contributed by atoms with Gasteiger partial charge in [-0.25, -0.2) is 0 Å². The van der Waals surface area contributed by atoms with Gasteiger partial charge in [-0.05, 0) is 24.3 Å². The molecule has 1 aromatic rings. The normalized spacial score (nSPS) is 28.8. The molecule has 2 aliphatic rings. The first-order valence-corrected chi connectivity index (χ1v) is 7.88. The number of benzene rings is 1. The molecule has 0 saturated heterocycles. The Morgan fingerprint density at radius 3 is 2.71 bits per heavy atom. The number of carbonyl (C=O) groups excluding carboxylic acids is 1. The Labute approximate surface area is 126 Å². The van der Waals surface area contributed by atoms with Crippen LogP contribution in [-0.2, 0) is 16.1 Å². The van der Waals surface area contributed by atoms with E-state index in [-0.39, 0.29) is 11.5 Å². The van der Waals surface area contributed by atoms with Gasteiger partial charge in [-0.3, -0.25) is 4.79 Å². The fraction of sp³-hybridized carbons (Fsp3) is 0.556. The van der Waals surface area contributed by atoms with Crippen molar-refractivity contribution in [1.29, 1.82) is 0 Å². The number of Topliss-reactive ketones (excluding diaryl/α,β-unsaturated/α-hetero) is 1. The Morgan fingerprint density at radius 1 is 1.29 bits per heavy atom. The molecule has 3 heteroatoms. The van der Waals surface area contributed by atoms with Gasteiger partial charge in [-0.2, -0.15) is 0 Å². The third-order valence-electron chi connectivity index (χ3n) is 4.77. The van der Waals surface area contributed by atoms with Crippen LogP contribution in [0.25, 0.3) is 0 Å². The molecular weight excluding hydrogens is 262 g/mol. The summed E-state index contributed by atoms with van der Waals surface area (Å²) >= 11 is 0. The summed E-state index contributed by atoms with van der Waals surface area (Å²) < 4.78 is 0. The van der Waals surface area contributed by atoms with Crippen molar-refractivity contribution in [2.75, 3.05) is 0 Å². The lowest BCUT2D eigenvalue weighted by Gasteiger charge is -2.35. The lowest BCUT2D eigenvalue weighted by molar-refractivity contribution is -0.138. The van der Waals surface area contributed by atoms with E-state index in [1.807, 2.05) is 18.2 Å². The average molecular weight is 285 g/mol. The molecule has 3 nitrogen and oxygen atoms in total. The van der Waals surface area contributed by atoms with Gasteiger partial charge in [0.1, 0.15) is 11.4 Å². The summed E-state index contributed by atoms with van der Waals surface area (Å²) in [7, 11) is 0. The number of oxime groups is 1. The summed E-state index contributed by atoms with van der Waals surface area (Å²) in [4.78, 5) is 18.1. The molecule has 1 aliphatic carbocycles. The predicted octanol–water partition coefficient (Wildman–Crippen LogP) is 3.77. The molecule has 1 aromatic carbocycles. The van der Waals surface area contributed by atoms with Crippen molar-refractivity contribution in [2.24, 2.45) is 17.0 Å². The minimum absolute atomic E-state index is 0.206. The van der Waals surface area contributed by atoms with Gasteiger partial charge in [0, 0.05) is 25.2 Å². The van der Waals surface area contributed by atoms with E-state index >= 15 is 0 Å². The van der Waals surface area contributed by atoms with E-state index in [1.54, 1.807) is 0 Å². The highest BCUT2D eigenvalue weighted by atomic mass is 16.7. The van der Waals surface area contributed by atoms with Crippen LogP contribution in [0.5, 0.6) is 0 Å². The maximum atomic E-state index is 12.3. The molecular formula is C18H23NO2. The van der Waals surface area contributed by atoms with Gasteiger partial charge >= 0.3 is 0 Å². The number of nitrogens with zero attached hydrogens (tertiary/aromatic N) is 1. The molecule has 0 amide bonds. The number of hydrogen-bond acceptors (Lipinski definition) is 3. The first-order valence-electron chi connectivity index (χ1n) is 7.88. The van der Waals surface area contributed by atoms with Crippen LogP contribution < -0.4 is 0 Å². The standard InChI is InChI=1S/C18H23NO2/c1-13(2)16-8-9-18(12-17(16)20)11-15(19-21-18)10-14-6-4-3-5-7-14/h3-7,13,16H,8-12H2,1-2H3. The first kappa shape index (κ1) is 14.3. The second kappa shape index (κ2) is 5.63. The summed E-state index contributed by atoms with van der Waals surface area (Å²) in [5, 5.41) is 4.28. The number of hydrogen-bond donors (Lipinski definition) is 0. The van der Waals surface area contributed by atoms with Gasteiger partial charge in [-0.1, -0.05) is 49.3 Å². The minimum Gasteiger partial charge on any atom is -0.388 e. The lowest BCUT2D eigenvalue weighted by atomic mass is 9.72. The molecule has 2 atom stereocenters. The molecule has 1 spiro atoms. The molecule has 0 N–H and O–H groups in total. The Bertz CT molecular complexity index is 550. The summed E-state index contributed by atoms with van der Waals surface area (Å²) in [5.41, 5.74) is 1.98. The van der Waals surface area contributed by atoms with Crippen LogP contribution in [0, 0.1) is 11.8 Å². The van der Waals surface area contributed by atoms with Gasteiger partial charge in [0.15, 0.2) is 0 Å². The molecule has 1 heterocycles. The quantitative estimate of drug-likeness (QED) is 0.848. The van der Waals surface area contributed by atoms with E-state index in [0.717, 1.165) is 31.4 Å². The zero-order valence-electron chi connectivity index (χ0n) is 12.8. The van der Waals surface area contributed by atoms with Gasteiger partial charge < -0.3 is 4.84 Å². The fourth-order valence-corrected chi connectivity index (χ4v) is 3.57. The van der Waals surface area contributed by atoms with Crippen molar-refractivity contribution in [3.05, 3.63) is 35.9 Å². The zero-order chi connectivity index (χ0) is 14.9. The van der Waals surface area contributed by atoms with Crippen LogP contribution in [0.2, 0.25) is 0 Å². The van der Waals surface area contributed by atoms with Crippen LogP contribution in [0.3, 0.4) is 0 Å². The van der Waals surface area contributed by atoms with Crippen molar-refractivity contribution < 1.29 is 9.63 Å². The van der Waals surface area contributed by atoms with Gasteiger partial charge in [0.2, 0.25) is 0 Å². The highest BCUT2D eigenvalue weighted by Crippen LogP contribution is 2.41. The first-order chi connectivity index (χ1) is 10.1. The van der Waals surface area contributed by atoms with Crippen LogP contribution in [0.1, 0.15) is 45.1 Å². The molecule has 1 saturated carbocycles. The van der Waals surface area contributed by atoms with Crippen molar-refractivity contribution in [2.45, 2.75) is 51.6 Å². The smallest absolute Gasteiger partial charge is 0.150 e. The lowest BCUT2D eigenvalue weighted by Crippen LogP contribution is -2.41. The van der Waals surface area contributed by atoms with E-state index in [0.29, 0.717) is 18.1 Å². The van der Waals surface area contributed by atoms with Crippen LogP contribution >= 0.6 is 0 Å². The van der Waals surface area contributed by atoms with E-state index in [2.05, 4.69) is 31.1 Å². The van der Waals surface area contributed by atoms with Crippen molar-refractivity contribution in [1.82, 2.24) is 0 Å². The van der Waals surface area contributed by atoms with E-state index in [9.17, 15) is 4.79 Å². The Hall–Kier alpha value is -1.64. The number of rotatable bonds is 3. The molecule has 0 aromatic heterocycles. The van der Waals surface area contributed by atoms with Crippen LogP contribution in [-0.4, -0.2) is 17.1 Å². The van der Waals surface area contributed by atoms with Gasteiger partial charge in [0.05, 0.1) is 5.71 Å². The Balaban J connectivity index is 1.62. The summed E-state index contributed by atoms with van der Waals surface area (Å²) in [6.07, 6.45) is 4.04. The van der Waals surface area contributed by atoms with Gasteiger partial charge in [-0.15, -0.1) is 0 Å². The zero-order valence-corrected chi connectivity index (χ0v) is 12.8. The maximum absolute atomic E-state index is 12.3. The number of carbonyl (C=O) groups is 1. The van der Waals surface area contributed by atoms with Gasteiger partial charge in [0.25, 0.3) is 0 Å². The molecule has 1 fully saturated rings. The second-order valence-corrected chi connectivity index (χ2v) is 6.80. The highest BCUT2D eigenvalue weighted by molar-refractivity contribution is 5.90. The van der Waals surface area contributed by atoms with E-state index in [1.165, 1.54) is 5.56 Å². The highest BCUT2D eigenvalue weighted by Gasteiger charge is 2.46. The molecule has 112 valence electrons. The monoisotopic (exact) mass is 285 g/mol. The van der Waals surface area contributed by atoms with Crippen molar-refractivity contribution >= 4 is 11.5 Å². The largest absolute Gasteiger partial charge is 0.388 e. The molecule has 0 radical (unpaired) electrons. The summed E-state index contributed by atoms with van der Waals surface area (Å²) in [6.45, 7) is 4.26. The third-order valence-corrected chi connectivity index (χ3v) is 4.77. The Morgan fingerprint density at radius 2 is 2.05 bits per heavy atom. The minimum atomic E-state index is -0.341. The molecule has 3 rings (SSSR count). The molecule has 2 unspecified atom stereocenters. The second-order valence-electron chi connectivity index (χ2n) is 6.80. The van der Waals surface area contributed by atoms with E-state index < -0.39 is 0 Å². The fourth-order valence-electron chi connectivity index (χ4n) is 3.57. The average Bonchev–Trinajstić information content (AvgIpc) is 2.82. The maximum Gasteiger partial charge on any atom is 0.150 e. The van der Waals surface area contributed by atoms with Crippen molar-refractivity contribution in [3.63, 3.8) is 0 Å². The SMILES string of the molecule is CC(C)C1CCC2(CC1=O)CC(Cc1ccccc1)=NO2. The predicted molar refractivity (Wildman–Crippen MR) is 83.2 cm³/mol. The molecule has 0 bridgehead atoms. The van der Waals surface area contributed by atoms with Crippen LogP contribution in [0.15, 0.2) is 35.5 Å². The van der Waals surface area contributed by atoms with Crippen LogP contribution in [0.4, 0.5) is 0 Å². The molecule has 21 heavy (non-hydrogen) atoms. The van der Waals surface area contributed by atoms with E-state index in [4.69, 9.17) is 4.84 Å². The molecule has 1 aliphatic heterocycles. The van der Waals surface area contributed by atoms with Crippen molar-refractivity contribution in [3.8, 4) is 0 Å². The number of ketones is 1. The topological polar surface area (TPSA) is 38.7 Å².